The van der Waals surface area contributed by atoms with E-state index in [-0.39, 0.29) is 11.6 Å². The molecule has 1 aromatic heterocycles. The summed E-state index contributed by atoms with van der Waals surface area (Å²) in [5.41, 5.74) is 0.925. The minimum atomic E-state index is -0.306. The van der Waals surface area contributed by atoms with Gasteiger partial charge in [0.2, 0.25) is 0 Å². The number of hydrogen-bond donors (Lipinski definition) is 2. The Kier molecular flexibility index (Phi) is 4.90. The number of amides is 1. The standard InChI is InChI=1S/C14H15ClN4O/c1-2-7-17-13-9-16-8-12(19-13)14(20)18-11-5-3-10(15)4-6-11/h3-6,8-9H,2,7H2,1H3,(H,17,19)(H,18,20). The van der Waals surface area contributed by atoms with Crippen LogP contribution in [0.5, 0.6) is 0 Å². The van der Waals surface area contributed by atoms with Crippen molar-refractivity contribution in [1.82, 2.24) is 9.97 Å². The van der Waals surface area contributed by atoms with E-state index in [4.69, 9.17) is 11.6 Å². The van der Waals surface area contributed by atoms with Gasteiger partial charge < -0.3 is 10.6 Å². The van der Waals surface area contributed by atoms with Crippen molar-refractivity contribution in [2.75, 3.05) is 17.2 Å². The maximum Gasteiger partial charge on any atom is 0.275 e. The van der Waals surface area contributed by atoms with Crippen LogP contribution in [-0.4, -0.2) is 22.4 Å². The van der Waals surface area contributed by atoms with E-state index in [1.54, 1.807) is 30.5 Å². The number of nitrogens with zero attached hydrogens (tertiary/aromatic N) is 2. The molecular weight excluding hydrogens is 276 g/mol. The van der Waals surface area contributed by atoms with Crippen molar-refractivity contribution in [1.29, 1.82) is 0 Å². The van der Waals surface area contributed by atoms with Gasteiger partial charge in [0, 0.05) is 17.3 Å². The summed E-state index contributed by atoms with van der Waals surface area (Å²) in [6, 6.07) is 6.88. The molecule has 0 aliphatic heterocycles. The number of carbonyl (C=O) groups is 1. The van der Waals surface area contributed by atoms with Crippen LogP contribution in [0.1, 0.15) is 23.8 Å². The molecule has 1 amide bonds. The van der Waals surface area contributed by atoms with Gasteiger partial charge in [-0.3, -0.25) is 9.78 Å². The molecule has 0 saturated heterocycles. The Hall–Kier alpha value is -2.14. The SMILES string of the molecule is CCCNc1cncc(C(=O)Nc2ccc(Cl)cc2)n1. The van der Waals surface area contributed by atoms with Crippen LogP contribution in [0.15, 0.2) is 36.7 Å². The lowest BCUT2D eigenvalue weighted by atomic mass is 10.3. The Morgan fingerprint density at radius 3 is 2.70 bits per heavy atom. The number of benzene rings is 1. The van der Waals surface area contributed by atoms with Crippen LogP contribution in [0.3, 0.4) is 0 Å². The van der Waals surface area contributed by atoms with E-state index in [9.17, 15) is 4.79 Å². The average molecular weight is 291 g/mol. The van der Waals surface area contributed by atoms with Crippen LogP contribution in [-0.2, 0) is 0 Å². The zero-order valence-corrected chi connectivity index (χ0v) is 11.8. The Morgan fingerprint density at radius 1 is 1.25 bits per heavy atom. The molecule has 0 radical (unpaired) electrons. The number of hydrogen-bond acceptors (Lipinski definition) is 4. The molecule has 0 aliphatic carbocycles. The highest BCUT2D eigenvalue weighted by Crippen LogP contribution is 2.14. The third-order valence-electron chi connectivity index (χ3n) is 2.53. The van der Waals surface area contributed by atoms with E-state index in [1.807, 2.05) is 0 Å². The van der Waals surface area contributed by atoms with E-state index >= 15 is 0 Å². The van der Waals surface area contributed by atoms with Gasteiger partial charge in [0.05, 0.1) is 12.4 Å². The van der Waals surface area contributed by atoms with Gasteiger partial charge in [0.25, 0.3) is 5.91 Å². The van der Waals surface area contributed by atoms with Gasteiger partial charge in [-0.2, -0.15) is 0 Å². The molecule has 1 aromatic carbocycles. The largest absolute Gasteiger partial charge is 0.369 e. The van der Waals surface area contributed by atoms with Crippen LogP contribution in [0.2, 0.25) is 5.02 Å². The van der Waals surface area contributed by atoms with Crippen molar-refractivity contribution in [2.24, 2.45) is 0 Å². The van der Waals surface area contributed by atoms with E-state index in [0.717, 1.165) is 13.0 Å². The summed E-state index contributed by atoms with van der Waals surface area (Å²) in [6.45, 7) is 2.84. The summed E-state index contributed by atoms with van der Waals surface area (Å²) in [5, 5.41) is 6.45. The molecule has 2 rings (SSSR count). The van der Waals surface area contributed by atoms with E-state index in [1.165, 1.54) is 6.20 Å². The summed E-state index contributed by atoms with van der Waals surface area (Å²) >= 11 is 5.79. The van der Waals surface area contributed by atoms with Gasteiger partial charge in [-0.05, 0) is 30.7 Å². The Bertz CT molecular complexity index is 586. The van der Waals surface area contributed by atoms with Gasteiger partial charge in [-0.25, -0.2) is 4.98 Å². The number of anilines is 2. The first kappa shape index (κ1) is 14.3. The Balaban J connectivity index is 2.06. The predicted octanol–water partition coefficient (Wildman–Crippen LogP) is 3.20. The molecule has 0 atom stereocenters. The second-order valence-corrected chi connectivity index (χ2v) is 4.61. The predicted molar refractivity (Wildman–Crippen MR) is 80.2 cm³/mol. The molecule has 0 unspecified atom stereocenters. The fourth-order valence-electron chi connectivity index (χ4n) is 1.54. The van der Waals surface area contributed by atoms with Crippen LogP contribution in [0.25, 0.3) is 0 Å². The smallest absolute Gasteiger partial charge is 0.275 e. The molecule has 2 N–H and O–H groups in total. The summed E-state index contributed by atoms with van der Waals surface area (Å²) in [6.07, 6.45) is 4.00. The van der Waals surface area contributed by atoms with E-state index in [0.29, 0.717) is 16.5 Å². The fourth-order valence-corrected chi connectivity index (χ4v) is 1.67. The number of nitrogens with one attached hydrogen (secondary N) is 2. The number of rotatable bonds is 5. The Morgan fingerprint density at radius 2 is 2.00 bits per heavy atom. The summed E-state index contributed by atoms with van der Waals surface area (Å²) < 4.78 is 0. The fraction of sp³-hybridized carbons (Fsp3) is 0.214. The van der Waals surface area contributed by atoms with Crippen molar-refractivity contribution in [3.63, 3.8) is 0 Å². The van der Waals surface area contributed by atoms with Gasteiger partial charge >= 0.3 is 0 Å². The number of aromatic nitrogens is 2. The third-order valence-corrected chi connectivity index (χ3v) is 2.78. The minimum absolute atomic E-state index is 0.265. The van der Waals surface area contributed by atoms with Gasteiger partial charge in [0.1, 0.15) is 11.5 Å². The molecule has 20 heavy (non-hydrogen) atoms. The van der Waals surface area contributed by atoms with Gasteiger partial charge in [-0.15, -0.1) is 0 Å². The lowest BCUT2D eigenvalue weighted by Gasteiger charge is -2.07. The lowest BCUT2D eigenvalue weighted by molar-refractivity contribution is 0.102. The average Bonchev–Trinajstić information content (AvgIpc) is 2.48. The van der Waals surface area contributed by atoms with Crippen molar-refractivity contribution in [3.05, 3.63) is 47.4 Å². The van der Waals surface area contributed by atoms with E-state index in [2.05, 4.69) is 27.5 Å². The van der Waals surface area contributed by atoms with Gasteiger partial charge in [0.15, 0.2) is 0 Å². The van der Waals surface area contributed by atoms with Crippen molar-refractivity contribution in [2.45, 2.75) is 13.3 Å². The maximum absolute atomic E-state index is 12.1. The van der Waals surface area contributed by atoms with Crippen LogP contribution < -0.4 is 10.6 Å². The van der Waals surface area contributed by atoms with Crippen molar-refractivity contribution < 1.29 is 4.79 Å². The lowest BCUT2D eigenvalue weighted by Crippen LogP contribution is -2.15. The molecule has 0 fully saturated rings. The van der Waals surface area contributed by atoms with Crippen molar-refractivity contribution >= 4 is 29.0 Å². The molecule has 0 bridgehead atoms. The monoisotopic (exact) mass is 290 g/mol. The second kappa shape index (κ2) is 6.86. The summed E-state index contributed by atoms with van der Waals surface area (Å²) in [4.78, 5) is 20.3. The molecule has 5 nitrogen and oxygen atoms in total. The second-order valence-electron chi connectivity index (χ2n) is 4.18. The van der Waals surface area contributed by atoms with Crippen LogP contribution in [0.4, 0.5) is 11.5 Å². The highest BCUT2D eigenvalue weighted by atomic mass is 35.5. The number of carbonyl (C=O) groups excluding carboxylic acids is 1. The summed E-state index contributed by atoms with van der Waals surface area (Å²) in [7, 11) is 0. The highest BCUT2D eigenvalue weighted by molar-refractivity contribution is 6.30. The van der Waals surface area contributed by atoms with Crippen LogP contribution in [0, 0.1) is 0 Å². The molecule has 6 heteroatoms. The Labute approximate surface area is 122 Å². The third kappa shape index (κ3) is 3.93. The summed E-state index contributed by atoms with van der Waals surface area (Å²) in [5.74, 6) is 0.288. The molecule has 0 spiro atoms. The zero-order valence-electron chi connectivity index (χ0n) is 11.1. The molecule has 2 aromatic rings. The molecule has 104 valence electrons. The first-order valence-electron chi connectivity index (χ1n) is 6.32. The number of halogens is 1. The quantitative estimate of drug-likeness (QED) is 0.887. The van der Waals surface area contributed by atoms with E-state index < -0.39 is 0 Å². The minimum Gasteiger partial charge on any atom is -0.369 e. The molecule has 1 heterocycles. The zero-order chi connectivity index (χ0) is 14.4. The maximum atomic E-state index is 12.1. The molecule has 0 aliphatic rings. The van der Waals surface area contributed by atoms with Crippen LogP contribution >= 0.6 is 11.6 Å². The topological polar surface area (TPSA) is 66.9 Å². The highest BCUT2D eigenvalue weighted by Gasteiger charge is 2.09. The molecular formula is C14H15ClN4O. The van der Waals surface area contributed by atoms with Crippen molar-refractivity contribution in [3.8, 4) is 0 Å². The first-order chi connectivity index (χ1) is 9.69. The normalized spacial score (nSPS) is 10.1. The first-order valence-corrected chi connectivity index (χ1v) is 6.69. The molecule has 0 saturated carbocycles. The van der Waals surface area contributed by atoms with Gasteiger partial charge in [-0.1, -0.05) is 18.5 Å².